The van der Waals surface area contributed by atoms with Gasteiger partial charge in [0.15, 0.2) is 0 Å². The van der Waals surface area contributed by atoms with Crippen molar-refractivity contribution in [3.63, 3.8) is 0 Å². The van der Waals surface area contributed by atoms with Crippen molar-refractivity contribution in [1.82, 2.24) is 10.2 Å². The first kappa shape index (κ1) is 15.4. The molecule has 0 bridgehead atoms. The summed E-state index contributed by atoms with van der Waals surface area (Å²) in [5, 5.41) is 11.9. The first-order valence-electron chi connectivity index (χ1n) is 7.31. The number of benzene rings is 1. The minimum absolute atomic E-state index is 0.0260. The maximum atomic E-state index is 12.5. The molecule has 2 saturated heterocycles. The highest BCUT2D eigenvalue weighted by Crippen LogP contribution is 2.18. The molecule has 2 N–H and O–H groups in total. The van der Waals surface area contributed by atoms with Gasteiger partial charge in [0.1, 0.15) is 6.54 Å². The van der Waals surface area contributed by atoms with Gasteiger partial charge in [0.2, 0.25) is 5.91 Å². The normalized spacial score (nSPS) is 22.0. The molecular weight excluding hydrogens is 302 g/mol. The number of imide groups is 1. The number of hydrogen-bond acceptors (Lipinski definition) is 5. The smallest absolute Gasteiger partial charge is 0.329 e. The van der Waals surface area contributed by atoms with E-state index in [0.717, 1.165) is 0 Å². The number of carbonyl (C=O) groups excluding carboxylic acids is 3. The molecule has 0 spiro atoms. The lowest BCUT2D eigenvalue weighted by molar-refractivity contribution is -0.117. The fraction of sp³-hybridized carbons (Fsp3) is 0.400. The number of hydrogen-bond donors (Lipinski definition) is 2. The summed E-state index contributed by atoms with van der Waals surface area (Å²) in [5.41, 5.74) is 0.998. The lowest BCUT2D eigenvalue weighted by atomic mass is 10.1. The van der Waals surface area contributed by atoms with Crippen molar-refractivity contribution in [3.8, 4) is 0 Å². The molecule has 23 heavy (non-hydrogen) atoms. The number of aliphatic hydroxyl groups excluding tert-OH is 1. The molecule has 0 radical (unpaired) electrons. The van der Waals surface area contributed by atoms with Crippen molar-refractivity contribution in [2.75, 3.05) is 37.7 Å². The second kappa shape index (κ2) is 6.35. The molecule has 1 aromatic carbocycles. The SMILES string of the molecule is O=C1CN(c2ccc(C(=O)N3CCOC[C@H](O)C3)cc2)C(=O)N1. The largest absolute Gasteiger partial charge is 0.389 e. The van der Waals surface area contributed by atoms with Crippen molar-refractivity contribution in [2.24, 2.45) is 0 Å². The van der Waals surface area contributed by atoms with Crippen molar-refractivity contribution in [2.45, 2.75) is 6.10 Å². The van der Waals surface area contributed by atoms with Gasteiger partial charge in [-0.05, 0) is 24.3 Å². The number of carbonyl (C=O) groups is 3. The number of urea groups is 1. The van der Waals surface area contributed by atoms with Gasteiger partial charge in [-0.2, -0.15) is 0 Å². The van der Waals surface area contributed by atoms with Crippen LogP contribution in [-0.4, -0.2) is 66.8 Å². The van der Waals surface area contributed by atoms with Crippen LogP contribution in [0.4, 0.5) is 10.5 Å². The molecule has 2 aliphatic heterocycles. The molecule has 0 aromatic heterocycles. The maximum Gasteiger partial charge on any atom is 0.329 e. The summed E-state index contributed by atoms with van der Waals surface area (Å²) in [6.07, 6.45) is -0.694. The van der Waals surface area contributed by atoms with Crippen LogP contribution in [0.15, 0.2) is 24.3 Å². The van der Waals surface area contributed by atoms with Gasteiger partial charge in [-0.3, -0.25) is 19.8 Å². The highest BCUT2D eigenvalue weighted by molar-refractivity contribution is 6.12. The third kappa shape index (κ3) is 3.33. The first-order valence-corrected chi connectivity index (χ1v) is 7.31. The molecule has 8 nitrogen and oxygen atoms in total. The molecule has 0 unspecified atom stereocenters. The van der Waals surface area contributed by atoms with E-state index < -0.39 is 12.1 Å². The zero-order valence-corrected chi connectivity index (χ0v) is 12.4. The van der Waals surface area contributed by atoms with Crippen molar-refractivity contribution < 1.29 is 24.2 Å². The minimum Gasteiger partial charge on any atom is -0.389 e. The molecule has 8 heteroatoms. The summed E-state index contributed by atoms with van der Waals surface area (Å²) in [5.74, 6) is -0.559. The van der Waals surface area contributed by atoms with E-state index in [9.17, 15) is 19.5 Å². The molecule has 3 rings (SSSR count). The molecule has 1 atom stereocenters. The van der Waals surface area contributed by atoms with Gasteiger partial charge < -0.3 is 14.7 Å². The second-order valence-electron chi connectivity index (χ2n) is 5.47. The summed E-state index contributed by atoms with van der Waals surface area (Å²) in [6, 6.07) is 5.98. The van der Waals surface area contributed by atoms with Crippen LogP contribution in [0.2, 0.25) is 0 Å². The first-order chi connectivity index (χ1) is 11.0. The lowest BCUT2D eigenvalue weighted by Crippen LogP contribution is -2.37. The van der Waals surface area contributed by atoms with Gasteiger partial charge >= 0.3 is 6.03 Å². The standard InChI is InChI=1S/C15H17N3O5/c19-12-7-17(5-6-23-9-12)14(21)10-1-3-11(4-2-10)18-8-13(20)16-15(18)22/h1-4,12,19H,5-9H2,(H,16,20,22)/t12-/m1/s1. The van der Waals surface area contributed by atoms with E-state index in [1.54, 1.807) is 29.2 Å². The molecule has 2 heterocycles. The van der Waals surface area contributed by atoms with E-state index in [0.29, 0.717) is 24.4 Å². The third-order valence-corrected chi connectivity index (χ3v) is 3.75. The fourth-order valence-corrected chi connectivity index (χ4v) is 2.59. The zero-order chi connectivity index (χ0) is 16.4. The number of amides is 4. The lowest BCUT2D eigenvalue weighted by Gasteiger charge is -2.21. The quantitative estimate of drug-likeness (QED) is 0.721. The van der Waals surface area contributed by atoms with Gasteiger partial charge in [0, 0.05) is 24.3 Å². The number of aliphatic hydroxyl groups is 1. The summed E-state index contributed by atoms with van der Waals surface area (Å²) >= 11 is 0. The van der Waals surface area contributed by atoms with Crippen molar-refractivity contribution >= 4 is 23.5 Å². The highest BCUT2D eigenvalue weighted by atomic mass is 16.5. The Morgan fingerprint density at radius 1 is 1.26 bits per heavy atom. The molecule has 0 aliphatic carbocycles. The Kier molecular flexibility index (Phi) is 4.26. The van der Waals surface area contributed by atoms with Crippen LogP contribution in [0.1, 0.15) is 10.4 Å². The maximum absolute atomic E-state index is 12.5. The number of ether oxygens (including phenoxy) is 1. The molecule has 2 fully saturated rings. The molecule has 4 amide bonds. The third-order valence-electron chi connectivity index (χ3n) is 3.75. The number of β-amino-alcohol motifs (C(OH)–C–C–N with tert-alkyl or cyclic N) is 1. The number of rotatable bonds is 2. The van der Waals surface area contributed by atoms with E-state index in [1.165, 1.54) is 4.90 Å². The molecular formula is C15H17N3O5. The Hall–Kier alpha value is -2.45. The van der Waals surface area contributed by atoms with Crippen LogP contribution in [0.25, 0.3) is 0 Å². The second-order valence-corrected chi connectivity index (χ2v) is 5.47. The minimum atomic E-state index is -0.694. The predicted octanol–water partition coefficient (Wildman–Crippen LogP) is -0.424. The fourth-order valence-electron chi connectivity index (χ4n) is 2.59. The topological polar surface area (TPSA) is 99.2 Å². The van der Waals surface area contributed by atoms with E-state index in [1.807, 2.05) is 0 Å². The van der Waals surface area contributed by atoms with Crippen LogP contribution in [-0.2, 0) is 9.53 Å². The number of nitrogens with one attached hydrogen (secondary N) is 1. The van der Waals surface area contributed by atoms with Gasteiger partial charge in [-0.1, -0.05) is 0 Å². The van der Waals surface area contributed by atoms with E-state index in [-0.39, 0.29) is 31.5 Å². The van der Waals surface area contributed by atoms with Crippen LogP contribution in [0.5, 0.6) is 0 Å². The number of anilines is 1. The van der Waals surface area contributed by atoms with E-state index in [4.69, 9.17) is 4.74 Å². The van der Waals surface area contributed by atoms with Gasteiger partial charge in [-0.15, -0.1) is 0 Å². The zero-order valence-electron chi connectivity index (χ0n) is 12.4. The summed E-state index contributed by atoms with van der Waals surface area (Å²) in [6.45, 7) is 1.23. The van der Waals surface area contributed by atoms with E-state index >= 15 is 0 Å². The predicted molar refractivity (Wildman–Crippen MR) is 80.1 cm³/mol. The Bertz CT molecular complexity index is 631. The Morgan fingerprint density at radius 2 is 2.00 bits per heavy atom. The van der Waals surface area contributed by atoms with Crippen LogP contribution in [0.3, 0.4) is 0 Å². The van der Waals surface area contributed by atoms with Gasteiger partial charge in [0.25, 0.3) is 5.91 Å². The Balaban J connectivity index is 1.72. The van der Waals surface area contributed by atoms with Crippen molar-refractivity contribution in [1.29, 1.82) is 0 Å². The molecule has 1 aromatic rings. The monoisotopic (exact) mass is 319 g/mol. The summed E-state index contributed by atoms with van der Waals surface area (Å²) < 4.78 is 5.20. The molecule has 0 saturated carbocycles. The van der Waals surface area contributed by atoms with Crippen molar-refractivity contribution in [3.05, 3.63) is 29.8 Å². The summed E-state index contributed by atoms with van der Waals surface area (Å²) in [7, 11) is 0. The van der Waals surface area contributed by atoms with Crippen LogP contribution in [0, 0.1) is 0 Å². The van der Waals surface area contributed by atoms with Crippen LogP contribution >= 0.6 is 0 Å². The van der Waals surface area contributed by atoms with E-state index in [2.05, 4.69) is 5.32 Å². The van der Waals surface area contributed by atoms with Gasteiger partial charge in [0.05, 0.1) is 19.3 Å². The van der Waals surface area contributed by atoms with Gasteiger partial charge in [-0.25, -0.2) is 4.79 Å². The highest BCUT2D eigenvalue weighted by Gasteiger charge is 2.28. The summed E-state index contributed by atoms with van der Waals surface area (Å²) in [4.78, 5) is 38.1. The Morgan fingerprint density at radius 3 is 2.65 bits per heavy atom. The average Bonchev–Trinajstić information content (AvgIpc) is 2.73. The molecule has 2 aliphatic rings. The molecule has 122 valence electrons. The van der Waals surface area contributed by atoms with Crippen LogP contribution < -0.4 is 10.2 Å². The number of nitrogens with zero attached hydrogens (tertiary/aromatic N) is 2. The average molecular weight is 319 g/mol. The Labute approximate surface area is 132 Å².